The molecule has 102 valence electrons. The molecule has 1 fully saturated rings. The molecule has 2 heterocycles. The molecule has 1 saturated heterocycles. The summed E-state index contributed by atoms with van der Waals surface area (Å²) < 4.78 is 11.3. The number of ether oxygens (including phenoxy) is 2. The van der Waals surface area contributed by atoms with E-state index in [0.717, 1.165) is 17.5 Å². The monoisotopic (exact) mass is 271 g/mol. The molecule has 3 nitrogen and oxygen atoms in total. The van der Waals surface area contributed by atoms with Gasteiger partial charge in [0.2, 0.25) is 0 Å². The molecule has 2 rings (SSSR count). The van der Waals surface area contributed by atoms with E-state index in [1.807, 2.05) is 40.7 Å². The van der Waals surface area contributed by atoms with Crippen LogP contribution in [-0.2, 0) is 15.9 Å². The summed E-state index contributed by atoms with van der Waals surface area (Å²) >= 11 is 5.88. The van der Waals surface area contributed by atoms with Crippen LogP contribution >= 0.6 is 11.6 Å². The highest BCUT2D eigenvalue weighted by molar-refractivity contribution is 6.30. The summed E-state index contributed by atoms with van der Waals surface area (Å²) in [7, 11) is 0. The van der Waals surface area contributed by atoms with Gasteiger partial charge in [0.1, 0.15) is 5.15 Å². The van der Waals surface area contributed by atoms with Gasteiger partial charge in [-0.05, 0) is 31.9 Å². The molecule has 1 aliphatic rings. The first kappa shape index (κ1) is 15.4. The minimum atomic E-state index is -0.459. The van der Waals surface area contributed by atoms with Gasteiger partial charge in [0, 0.05) is 12.6 Å². The molecule has 18 heavy (non-hydrogen) atoms. The van der Waals surface area contributed by atoms with Crippen molar-refractivity contribution in [3.8, 4) is 0 Å². The predicted molar refractivity (Wildman–Crippen MR) is 73.9 cm³/mol. The van der Waals surface area contributed by atoms with Crippen LogP contribution < -0.4 is 0 Å². The number of hydrogen-bond acceptors (Lipinski definition) is 3. The van der Waals surface area contributed by atoms with E-state index in [1.165, 1.54) is 0 Å². The Labute approximate surface area is 114 Å². The minimum absolute atomic E-state index is 0.109. The van der Waals surface area contributed by atoms with Gasteiger partial charge in [0.15, 0.2) is 5.79 Å². The summed E-state index contributed by atoms with van der Waals surface area (Å²) in [6, 6.07) is 2.05. The lowest BCUT2D eigenvalue weighted by molar-refractivity contribution is -0.138. The van der Waals surface area contributed by atoms with Gasteiger partial charge in [0.05, 0.1) is 12.7 Å². The lowest BCUT2D eigenvalue weighted by Gasteiger charge is -2.17. The second kappa shape index (κ2) is 6.50. The third kappa shape index (κ3) is 4.23. The highest BCUT2D eigenvalue weighted by Gasteiger charge is 2.32. The van der Waals surface area contributed by atoms with E-state index >= 15 is 0 Å². The summed E-state index contributed by atoms with van der Waals surface area (Å²) in [5, 5.41) is 0.563. The van der Waals surface area contributed by atoms with Crippen LogP contribution in [0.1, 0.15) is 38.8 Å². The Morgan fingerprint density at radius 1 is 1.44 bits per heavy atom. The maximum atomic E-state index is 5.88. The number of hydrogen-bond donors (Lipinski definition) is 0. The van der Waals surface area contributed by atoms with E-state index in [1.54, 1.807) is 6.20 Å². The van der Waals surface area contributed by atoms with Crippen molar-refractivity contribution < 1.29 is 9.47 Å². The van der Waals surface area contributed by atoms with Crippen molar-refractivity contribution in [2.75, 3.05) is 6.61 Å². The van der Waals surface area contributed by atoms with E-state index in [4.69, 9.17) is 21.1 Å². The molecule has 0 saturated carbocycles. The van der Waals surface area contributed by atoms with Crippen LogP contribution in [0.15, 0.2) is 12.3 Å². The fourth-order valence-corrected chi connectivity index (χ4v) is 1.96. The summed E-state index contributed by atoms with van der Waals surface area (Å²) in [5.41, 5.74) is 2.13. The summed E-state index contributed by atoms with van der Waals surface area (Å²) in [5.74, 6) is -0.459. The second-order valence-corrected chi connectivity index (χ2v) is 4.96. The lowest BCUT2D eigenvalue weighted by Crippen LogP contribution is -2.22. The normalized spacial score (nSPS) is 21.3. The third-order valence-electron chi connectivity index (χ3n) is 2.60. The molecule has 0 aromatic carbocycles. The van der Waals surface area contributed by atoms with E-state index < -0.39 is 5.79 Å². The predicted octanol–water partition coefficient (Wildman–Crippen LogP) is 3.76. The average Bonchev–Trinajstić information content (AvgIpc) is 2.66. The van der Waals surface area contributed by atoms with Crippen molar-refractivity contribution in [3.63, 3.8) is 0 Å². The van der Waals surface area contributed by atoms with Gasteiger partial charge in [0.25, 0.3) is 0 Å². The molecule has 1 aromatic heterocycles. The number of aryl methyl sites for hydroxylation is 1. The fourth-order valence-electron chi connectivity index (χ4n) is 1.85. The maximum Gasteiger partial charge on any atom is 0.163 e. The highest BCUT2D eigenvalue weighted by atomic mass is 35.5. The van der Waals surface area contributed by atoms with Crippen LogP contribution in [0, 0.1) is 6.92 Å². The Morgan fingerprint density at radius 2 is 2.11 bits per heavy atom. The zero-order chi connectivity index (χ0) is 13.8. The molecule has 0 amide bonds. The second-order valence-electron chi connectivity index (χ2n) is 4.61. The summed E-state index contributed by atoms with van der Waals surface area (Å²) in [4.78, 5) is 4.13. The number of halogens is 1. The topological polar surface area (TPSA) is 31.4 Å². The first-order valence-electron chi connectivity index (χ1n) is 6.39. The van der Waals surface area contributed by atoms with Gasteiger partial charge in [-0.25, -0.2) is 4.98 Å². The first-order chi connectivity index (χ1) is 8.46. The Kier molecular flexibility index (Phi) is 5.57. The molecule has 1 aliphatic heterocycles. The number of pyridine rings is 1. The van der Waals surface area contributed by atoms with Gasteiger partial charge in [-0.15, -0.1) is 0 Å². The third-order valence-corrected chi connectivity index (χ3v) is 3.00. The Hall–Kier alpha value is -0.640. The van der Waals surface area contributed by atoms with Gasteiger partial charge in [-0.1, -0.05) is 31.5 Å². The Bertz CT molecular complexity index is 393. The molecule has 1 atom stereocenters. The summed E-state index contributed by atoms with van der Waals surface area (Å²) in [6.07, 6.45) is 2.72. The largest absolute Gasteiger partial charge is 0.348 e. The SMILES string of the molecule is CC.Cc1cc(C[C@@H]2COC(C)(C)O2)cnc1Cl. The number of rotatable bonds is 2. The highest BCUT2D eigenvalue weighted by Crippen LogP contribution is 2.25. The standard InChI is InChI=1S/C12H16ClNO2.C2H6/c1-8-4-9(6-14-11(8)13)5-10-7-15-12(2,3)16-10;1-2/h4,6,10H,5,7H2,1-3H3;1-2H3/t10-;/m1./s1. The molecule has 0 N–H and O–H groups in total. The van der Waals surface area contributed by atoms with Gasteiger partial charge in [-0.3, -0.25) is 0 Å². The number of nitrogens with zero attached hydrogens (tertiary/aromatic N) is 1. The fraction of sp³-hybridized carbons (Fsp3) is 0.643. The average molecular weight is 272 g/mol. The van der Waals surface area contributed by atoms with Crippen molar-refractivity contribution in [1.82, 2.24) is 4.98 Å². The first-order valence-corrected chi connectivity index (χ1v) is 6.77. The molecule has 4 heteroatoms. The minimum Gasteiger partial charge on any atom is -0.348 e. The Morgan fingerprint density at radius 3 is 2.61 bits per heavy atom. The Balaban J connectivity index is 0.000000771. The van der Waals surface area contributed by atoms with Crippen LogP contribution in [0.3, 0.4) is 0 Å². The van der Waals surface area contributed by atoms with E-state index in [9.17, 15) is 0 Å². The number of aromatic nitrogens is 1. The van der Waals surface area contributed by atoms with Crippen molar-refractivity contribution in [3.05, 3.63) is 28.5 Å². The van der Waals surface area contributed by atoms with Crippen LogP contribution in [0.5, 0.6) is 0 Å². The quantitative estimate of drug-likeness (QED) is 0.768. The lowest BCUT2D eigenvalue weighted by atomic mass is 10.1. The smallest absolute Gasteiger partial charge is 0.163 e. The summed E-state index contributed by atoms with van der Waals surface area (Å²) in [6.45, 7) is 10.4. The molecular weight excluding hydrogens is 250 g/mol. The van der Waals surface area contributed by atoms with Crippen molar-refractivity contribution in [2.45, 2.75) is 52.9 Å². The van der Waals surface area contributed by atoms with Crippen LogP contribution in [0.4, 0.5) is 0 Å². The van der Waals surface area contributed by atoms with Crippen molar-refractivity contribution >= 4 is 11.6 Å². The molecule has 0 spiro atoms. The molecule has 0 bridgehead atoms. The van der Waals surface area contributed by atoms with E-state index in [-0.39, 0.29) is 6.10 Å². The van der Waals surface area contributed by atoms with Crippen LogP contribution in [0.25, 0.3) is 0 Å². The van der Waals surface area contributed by atoms with Gasteiger partial charge < -0.3 is 9.47 Å². The van der Waals surface area contributed by atoms with Crippen LogP contribution in [-0.4, -0.2) is 23.5 Å². The van der Waals surface area contributed by atoms with Crippen LogP contribution in [0.2, 0.25) is 5.15 Å². The molecule has 0 radical (unpaired) electrons. The molecular formula is C14H22ClNO2. The zero-order valence-electron chi connectivity index (χ0n) is 11.8. The van der Waals surface area contributed by atoms with Gasteiger partial charge >= 0.3 is 0 Å². The van der Waals surface area contributed by atoms with Crippen molar-refractivity contribution in [1.29, 1.82) is 0 Å². The van der Waals surface area contributed by atoms with Gasteiger partial charge in [-0.2, -0.15) is 0 Å². The van der Waals surface area contributed by atoms with Crippen molar-refractivity contribution in [2.24, 2.45) is 0 Å². The maximum absolute atomic E-state index is 5.88. The zero-order valence-corrected chi connectivity index (χ0v) is 12.5. The molecule has 1 aromatic rings. The molecule has 0 unspecified atom stereocenters. The van der Waals surface area contributed by atoms with E-state index in [2.05, 4.69) is 4.98 Å². The molecule has 0 aliphatic carbocycles. The van der Waals surface area contributed by atoms with E-state index in [0.29, 0.717) is 11.8 Å².